The van der Waals surface area contributed by atoms with Gasteiger partial charge >= 0.3 is 5.97 Å². The quantitative estimate of drug-likeness (QED) is 0.833. The van der Waals surface area contributed by atoms with Gasteiger partial charge in [-0.25, -0.2) is 0 Å². The van der Waals surface area contributed by atoms with Crippen LogP contribution in [0.3, 0.4) is 0 Å². The van der Waals surface area contributed by atoms with Gasteiger partial charge < -0.3 is 14.7 Å². The minimum Gasteiger partial charge on any atom is -0.481 e. The molecule has 110 valence electrons. The summed E-state index contributed by atoms with van der Waals surface area (Å²) in [6, 6.07) is 0.707. The van der Waals surface area contributed by atoms with Crippen molar-refractivity contribution in [3.63, 3.8) is 0 Å². The van der Waals surface area contributed by atoms with E-state index in [0.717, 1.165) is 13.0 Å². The van der Waals surface area contributed by atoms with E-state index in [2.05, 4.69) is 4.90 Å². The van der Waals surface area contributed by atoms with E-state index in [0.29, 0.717) is 24.5 Å². The number of ether oxygens (including phenoxy) is 1. The first-order valence-corrected chi connectivity index (χ1v) is 7.67. The van der Waals surface area contributed by atoms with Gasteiger partial charge in [0.05, 0.1) is 6.10 Å². The van der Waals surface area contributed by atoms with Gasteiger partial charge in [-0.3, -0.25) is 4.79 Å². The standard InChI is InChI=1S/C15H27NO3/c1-19-14-7-5-13(6-8-14)16-10-2-3-12(11-16)4-9-15(17)18/h12-14H,2-11H2,1H3,(H,17,18). The lowest BCUT2D eigenvalue weighted by Gasteiger charge is -2.41. The van der Waals surface area contributed by atoms with Gasteiger partial charge in [0.25, 0.3) is 0 Å². The minimum atomic E-state index is -0.655. The Kier molecular flexibility index (Phi) is 5.64. The fourth-order valence-electron chi connectivity index (χ4n) is 3.64. The zero-order valence-corrected chi connectivity index (χ0v) is 12.0. The van der Waals surface area contributed by atoms with Crippen molar-refractivity contribution in [1.82, 2.24) is 4.90 Å². The van der Waals surface area contributed by atoms with Crippen molar-refractivity contribution in [2.75, 3.05) is 20.2 Å². The summed E-state index contributed by atoms with van der Waals surface area (Å²) in [5.74, 6) is -0.0669. The fourth-order valence-corrected chi connectivity index (χ4v) is 3.64. The van der Waals surface area contributed by atoms with Crippen LogP contribution in [0.1, 0.15) is 51.4 Å². The molecule has 0 radical (unpaired) electrons. The summed E-state index contributed by atoms with van der Waals surface area (Å²) in [6.45, 7) is 2.31. The average molecular weight is 269 g/mol. The molecule has 0 bridgehead atoms. The van der Waals surface area contributed by atoms with Gasteiger partial charge in [-0.2, -0.15) is 0 Å². The van der Waals surface area contributed by atoms with E-state index >= 15 is 0 Å². The second kappa shape index (κ2) is 7.25. The van der Waals surface area contributed by atoms with Crippen molar-refractivity contribution in [3.05, 3.63) is 0 Å². The summed E-state index contributed by atoms with van der Waals surface area (Å²) in [6.07, 6.45) is 8.91. The van der Waals surface area contributed by atoms with Crippen LogP contribution in [0.4, 0.5) is 0 Å². The van der Waals surface area contributed by atoms with Crippen molar-refractivity contribution in [3.8, 4) is 0 Å². The van der Waals surface area contributed by atoms with Crippen LogP contribution in [-0.4, -0.2) is 48.3 Å². The summed E-state index contributed by atoms with van der Waals surface area (Å²) in [4.78, 5) is 13.3. The van der Waals surface area contributed by atoms with E-state index in [-0.39, 0.29) is 0 Å². The molecule has 0 aromatic heterocycles. The fraction of sp³-hybridized carbons (Fsp3) is 0.933. The number of carboxylic acids is 1. The summed E-state index contributed by atoms with van der Waals surface area (Å²) in [5, 5.41) is 8.79. The van der Waals surface area contributed by atoms with Gasteiger partial charge in [-0.15, -0.1) is 0 Å². The number of nitrogens with zero attached hydrogens (tertiary/aromatic N) is 1. The lowest BCUT2D eigenvalue weighted by atomic mass is 9.87. The zero-order valence-electron chi connectivity index (χ0n) is 12.0. The highest BCUT2D eigenvalue weighted by Crippen LogP contribution is 2.29. The van der Waals surface area contributed by atoms with Gasteiger partial charge in [0.15, 0.2) is 0 Å². The second-order valence-corrected chi connectivity index (χ2v) is 6.10. The lowest BCUT2D eigenvalue weighted by molar-refractivity contribution is -0.137. The van der Waals surface area contributed by atoms with Gasteiger partial charge in [-0.05, 0) is 57.4 Å². The van der Waals surface area contributed by atoms with Crippen molar-refractivity contribution in [2.45, 2.75) is 63.5 Å². The number of carbonyl (C=O) groups is 1. The third-order valence-electron chi connectivity index (χ3n) is 4.81. The molecule has 0 aromatic carbocycles. The minimum absolute atomic E-state index is 0.328. The maximum absolute atomic E-state index is 10.7. The molecule has 2 rings (SSSR count). The molecule has 19 heavy (non-hydrogen) atoms. The van der Waals surface area contributed by atoms with Gasteiger partial charge in [-0.1, -0.05) is 0 Å². The predicted octanol–water partition coefficient (Wildman–Crippen LogP) is 2.52. The van der Waals surface area contributed by atoms with Crippen molar-refractivity contribution in [1.29, 1.82) is 0 Å². The Balaban J connectivity index is 1.76. The molecule has 0 amide bonds. The van der Waals surface area contributed by atoms with Crippen LogP contribution < -0.4 is 0 Å². The van der Waals surface area contributed by atoms with Gasteiger partial charge in [0, 0.05) is 26.1 Å². The lowest BCUT2D eigenvalue weighted by Crippen LogP contribution is -2.45. The summed E-state index contributed by atoms with van der Waals surface area (Å²) in [7, 11) is 1.81. The highest BCUT2D eigenvalue weighted by molar-refractivity contribution is 5.66. The Morgan fingerprint density at radius 3 is 2.63 bits per heavy atom. The van der Waals surface area contributed by atoms with Crippen LogP contribution in [-0.2, 0) is 9.53 Å². The van der Waals surface area contributed by atoms with Gasteiger partial charge in [0.2, 0.25) is 0 Å². The largest absolute Gasteiger partial charge is 0.481 e. The maximum atomic E-state index is 10.7. The van der Waals surface area contributed by atoms with Crippen molar-refractivity contribution in [2.24, 2.45) is 5.92 Å². The number of methoxy groups -OCH3 is 1. The Bertz CT molecular complexity index is 287. The number of rotatable bonds is 5. The summed E-state index contributed by atoms with van der Waals surface area (Å²) >= 11 is 0. The molecule has 1 aliphatic heterocycles. The second-order valence-electron chi connectivity index (χ2n) is 6.10. The van der Waals surface area contributed by atoms with E-state index in [1.54, 1.807) is 0 Å². The number of likely N-dealkylation sites (tertiary alicyclic amines) is 1. The molecule has 2 aliphatic rings. The molecule has 1 atom stereocenters. The summed E-state index contributed by atoms with van der Waals surface area (Å²) in [5.41, 5.74) is 0. The van der Waals surface area contributed by atoms with Crippen LogP contribution >= 0.6 is 0 Å². The number of carboxylic acid groups (broad SMARTS) is 1. The molecule has 1 unspecified atom stereocenters. The van der Waals surface area contributed by atoms with Gasteiger partial charge in [0.1, 0.15) is 0 Å². The van der Waals surface area contributed by atoms with Crippen LogP contribution in [0.2, 0.25) is 0 Å². The average Bonchev–Trinajstić information content (AvgIpc) is 2.45. The molecule has 0 spiro atoms. The van der Waals surface area contributed by atoms with E-state index in [1.165, 1.54) is 45.1 Å². The molecule has 4 heteroatoms. The highest BCUT2D eigenvalue weighted by atomic mass is 16.5. The van der Waals surface area contributed by atoms with Crippen molar-refractivity contribution >= 4 is 5.97 Å². The van der Waals surface area contributed by atoms with Crippen LogP contribution in [0, 0.1) is 5.92 Å². The summed E-state index contributed by atoms with van der Waals surface area (Å²) < 4.78 is 5.43. The molecule has 4 nitrogen and oxygen atoms in total. The first-order chi connectivity index (χ1) is 9.19. The molecule has 1 saturated heterocycles. The normalized spacial score (nSPS) is 33.2. The first kappa shape index (κ1) is 14.8. The Hall–Kier alpha value is -0.610. The van der Waals surface area contributed by atoms with Crippen LogP contribution in [0.15, 0.2) is 0 Å². The van der Waals surface area contributed by atoms with E-state index in [4.69, 9.17) is 9.84 Å². The smallest absolute Gasteiger partial charge is 0.303 e. The van der Waals surface area contributed by atoms with E-state index < -0.39 is 5.97 Å². The molecule has 1 heterocycles. The predicted molar refractivity (Wildman–Crippen MR) is 74.2 cm³/mol. The molecule has 1 saturated carbocycles. The maximum Gasteiger partial charge on any atom is 0.303 e. The Morgan fingerprint density at radius 2 is 2.00 bits per heavy atom. The topological polar surface area (TPSA) is 49.8 Å². The molecular formula is C15H27NO3. The number of aliphatic carboxylic acids is 1. The number of hydrogen-bond acceptors (Lipinski definition) is 3. The van der Waals surface area contributed by atoms with E-state index in [9.17, 15) is 4.79 Å². The van der Waals surface area contributed by atoms with Crippen LogP contribution in [0.5, 0.6) is 0 Å². The SMILES string of the molecule is COC1CCC(N2CCCC(CCC(=O)O)C2)CC1. The highest BCUT2D eigenvalue weighted by Gasteiger charge is 2.29. The Labute approximate surface area is 116 Å². The molecule has 1 N–H and O–H groups in total. The van der Waals surface area contributed by atoms with E-state index in [1.807, 2.05) is 7.11 Å². The molecule has 1 aliphatic carbocycles. The molecular weight excluding hydrogens is 242 g/mol. The third kappa shape index (κ3) is 4.46. The zero-order chi connectivity index (χ0) is 13.7. The monoisotopic (exact) mass is 269 g/mol. The first-order valence-electron chi connectivity index (χ1n) is 7.67. The molecule has 2 fully saturated rings. The number of piperidine rings is 1. The Morgan fingerprint density at radius 1 is 1.26 bits per heavy atom. The number of hydrogen-bond donors (Lipinski definition) is 1. The third-order valence-corrected chi connectivity index (χ3v) is 4.81. The van der Waals surface area contributed by atoms with Crippen LogP contribution in [0.25, 0.3) is 0 Å². The van der Waals surface area contributed by atoms with Crippen molar-refractivity contribution < 1.29 is 14.6 Å². The molecule has 0 aromatic rings.